The van der Waals surface area contributed by atoms with Crippen molar-refractivity contribution in [2.45, 2.75) is 32.4 Å². The Hall–Kier alpha value is -1.13. The van der Waals surface area contributed by atoms with Gasteiger partial charge in [0.25, 0.3) is 0 Å². The zero-order valence-electron chi connectivity index (χ0n) is 11.8. The Morgan fingerprint density at radius 3 is 2.58 bits per heavy atom. The molecule has 2 fully saturated rings. The number of nitrogens with one attached hydrogen (secondary N) is 1. The largest absolute Gasteiger partial charge is 0.354 e. The number of hydrogen-bond acceptors (Lipinski definition) is 4. The molecule has 2 aliphatic rings. The van der Waals surface area contributed by atoms with E-state index in [1.54, 1.807) is 0 Å². The molecule has 104 valence electrons. The molecule has 0 spiro atoms. The van der Waals surface area contributed by atoms with Gasteiger partial charge in [-0.05, 0) is 31.0 Å². The molecule has 1 aromatic rings. The lowest BCUT2D eigenvalue weighted by Gasteiger charge is -2.35. The fourth-order valence-corrected chi connectivity index (χ4v) is 2.73. The van der Waals surface area contributed by atoms with Gasteiger partial charge in [0, 0.05) is 45.0 Å². The third-order valence-corrected chi connectivity index (χ3v) is 4.09. The number of piperazine rings is 1. The number of hydrogen-bond donors (Lipinski definition) is 1. The van der Waals surface area contributed by atoms with E-state index in [1.807, 2.05) is 6.20 Å². The summed E-state index contributed by atoms with van der Waals surface area (Å²) in [5.74, 6) is 1.13. The molecule has 0 aromatic carbocycles. The summed E-state index contributed by atoms with van der Waals surface area (Å²) < 4.78 is 0. The van der Waals surface area contributed by atoms with Gasteiger partial charge in [-0.3, -0.25) is 4.90 Å². The first-order chi connectivity index (χ1) is 9.36. The van der Waals surface area contributed by atoms with Crippen molar-refractivity contribution >= 4 is 5.82 Å². The predicted octanol–water partition coefficient (Wildman–Crippen LogP) is 1.48. The van der Waals surface area contributed by atoms with Gasteiger partial charge in [0.2, 0.25) is 0 Å². The summed E-state index contributed by atoms with van der Waals surface area (Å²) in [6, 6.07) is 5.26. The van der Waals surface area contributed by atoms with Crippen LogP contribution < -0.4 is 10.2 Å². The molecular formula is C15H24N4. The standard InChI is InChI=1S/C15H24N4/c1-2-16-11-13-3-6-15(17-12-13)19-9-7-18(8-10-19)14-4-5-14/h3,6,12,14,16H,2,4-5,7-11H2,1H3. The van der Waals surface area contributed by atoms with Crippen LogP contribution in [0.3, 0.4) is 0 Å². The molecular weight excluding hydrogens is 236 g/mol. The van der Waals surface area contributed by atoms with Crippen molar-refractivity contribution < 1.29 is 0 Å². The number of aromatic nitrogens is 1. The quantitative estimate of drug-likeness (QED) is 0.869. The molecule has 2 heterocycles. The van der Waals surface area contributed by atoms with Crippen LogP contribution in [0.1, 0.15) is 25.3 Å². The maximum absolute atomic E-state index is 4.61. The third kappa shape index (κ3) is 3.25. The number of pyridine rings is 1. The minimum Gasteiger partial charge on any atom is -0.354 e. The van der Waals surface area contributed by atoms with Gasteiger partial charge in [0.1, 0.15) is 5.82 Å². The van der Waals surface area contributed by atoms with Gasteiger partial charge >= 0.3 is 0 Å². The van der Waals surface area contributed by atoms with E-state index in [1.165, 1.54) is 31.5 Å². The summed E-state index contributed by atoms with van der Waals surface area (Å²) in [5.41, 5.74) is 1.27. The maximum atomic E-state index is 4.61. The van der Waals surface area contributed by atoms with Crippen LogP contribution in [0, 0.1) is 0 Å². The lowest BCUT2D eigenvalue weighted by Crippen LogP contribution is -2.47. The molecule has 0 atom stereocenters. The van der Waals surface area contributed by atoms with Crippen molar-refractivity contribution in [3.8, 4) is 0 Å². The zero-order chi connectivity index (χ0) is 13.1. The van der Waals surface area contributed by atoms with Gasteiger partial charge in [-0.2, -0.15) is 0 Å². The summed E-state index contributed by atoms with van der Waals surface area (Å²) in [4.78, 5) is 9.66. The second-order valence-corrected chi connectivity index (χ2v) is 5.56. The fraction of sp³-hybridized carbons (Fsp3) is 0.667. The Balaban J connectivity index is 1.54. The van der Waals surface area contributed by atoms with Gasteiger partial charge in [-0.1, -0.05) is 13.0 Å². The Morgan fingerprint density at radius 2 is 2.00 bits per heavy atom. The molecule has 1 aliphatic heterocycles. The zero-order valence-corrected chi connectivity index (χ0v) is 11.8. The van der Waals surface area contributed by atoms with Crippen molar-refractivity contribution in [3.05, 3.63) is 23.9 Å². The van der Waals surface area contributed by atoms with Crippen LogP contribution in [0.4, 0.5) is 5.82 Å². The van der Waals surface area contributed by atoms with Crippen molar-refractivity contribution in [1.29, 1.82) is 0 Å². The monoisotopic (exact) mass is 260 g/mol. The molecule has 1 saturated heterocycles. The summed E-state index contributed by atoms with van der Waals surface area (Å²) in [6.45, 7) is 8.69. The van der Waals surface area contributed by atoms with Crippen LogP contribution in [-0.2, 0) is 6.54 Å². The first-order valence-electron chi connectivity index (χ1n) is 7.51. The predicted molar refractivity (Wildman–Crippen MR) is 78.4 cm³/mol. The topological polar surface area (TPSA) is 31.4 Å². The summed E-state index contributed by atoms with van der Waals surface area (Å²) in [7, 11) is 0. The minimum absolute atomic E-state index is 0.901. The van der Waals surface area contributed by atoms with E-state index >= 15 is 0 Å². The smallest absolute Gasteiger partial charge is 0.128 e. The second-order valence-electron chi connectivity index (χ2n) is 5.56. The highest BCUT2D eigenvalue weighted by atomic mass is 15.3. The van der Waals surface area contributed by atoms with E-state index in [0.717, 1.165) is 38.0 Å². The summed E-state index contributed by atoms with van der Waals surface area (Å²) >= 11 is 0. The van der Waals surface area contributed by atoms with Crippen LogP contribution in [0.25, 0.3) is 0 Å². The highest BCUT2D eigenvalue weighted by Crippen LogP contribution is 2.28. The van der Waals surface area contributed by atoms with Crippen LogP contribution in [0.15, 0.2) is 18.3 Å². The van der Waals surface area contributed by atoms with Crippen molar-refractivity contribution in [1.82, 2.24) is 15.2 Å². The molecule has 1 aliphatic carbocycles. The molecule has 0 amide bonds. The lowest BCUT2D eigenvalue weighted by atomic mass is 10.2. The molecule has 1 N–H and O–H groups in total. The van der Waals surface area contributed by atoms with Gasteiger partial charge in [0.15, 0.2) is 0 Å². The average molecular weight is 260 g/mol. The summed E-state index contributed by atoms with van der Waals surface area (Å²) in [6.07, 6.45) is 4.83. The number of nitrogens with zero attached hydrogens (tertiary/aromatic N) is 3. The van der Waals surface area contributed by atoms with E-state index in [-0.39, 0.29) is 0 Å². The maximum Gasteiger partial charge on any atom is 0.128 e. The van der Waals surface area contributed by atoms with Crippen molar-refractivity contribution in [2.75, 3.05) is 37.6 Å². The minimum atomic E-state index is 0.901. The molecule has 4 heteroatoms. The molecule has 1 saturated carbocycles. The Morgan fingerprint density at radius 1 is 1.21 bits per heavy atom. The van der Waals surface area contributed by atoms with Gasteiger partial charge in [-0.25, -0.2) is 4.98 Å². The number of anilines is 1. The van der Waals surface area contributed by atoms with Crippen molar-refractivity contribution in [2.24, 2.45) is 0 Å². The molecule has 1 aromatic heterocycles. The summed E-state index contributed by atoms with van der Waals surface area (Å²) in [5, 5.41) is 3.33. The van der Waals surface area contributed by atoms with E-state index in [0.29, 0.717) is 0 Å². The molecule has 0 bridgehead atoms. The highest BCUT2D eigenvalue weighted by Gasteiger charge is 2.31. The molecule has 4 nitrogen and oxygen atoms in total. The first-order valence-corrected chi connectivity index (χ1v) is 7.51. The Kier molecular flexibility index (Phi) is 3.99. The highest BCUT2D eigenvalue weighted by molar-refractivity contribution is 5.40. The van der Waals surface area contributed by atoms with Gasteiger partial charge in [-0.15, -0.1) is 0 Å². The Bertz CT molecular complexity index is 391. The van der Waals surface area contributed by atoms with E-state index in [4.69, 9.17) is 0 Å². The van der Waals surface area contributed by atoms with E-state index < -0.39 is 0 Å². The van der Waals surface area contributed by atoms with Gasteiger partial charge < -0.3 is 10.2 Å². The first kappa shape index (κ1) is 12.9. The Labute approximate surface area is 115 Å². The average Bonchev–Trinajstić information content (AvgIpc) is 3.31. The lowest BCUT2D eigenvalue weighted by molar-refractivity contribution is 0.247. The normalized spacial score (nSPS) is 20.8. The SMILES string of the molecule is CCNCc1ccc(N2CCN(C3CC3)CC2)nc1. The molecule has 0 radical (unpaired) electrons. The van der Waals surface area contributed by atoms with Crippen LogP contribution in [0.5, 0.6) is 0 Å². The van der Waals surface area contributed by atoms with Crippen LogP contribution in [0.2, 0.25) is 0 Å². The number of rotatable bonds is 5. The molecule has 0 unspecified atom stereocenters. The molecule has 19 heavy (non-hydrogen) atoms. The third-order valence-electron chi connectivity index (χ3n) is 4.09. The van der Waals surface area contributed by atoms with E-state index in [9.17, 15) is 0 Å². The second kappa shape index (κ2) is 5.88. The van der Waals surface area contributed by atoms with Gasteiger partial charge in [0.05, 0.1) is 0 Å². The van der Waals surface area contributed by atoms with Crippen LogP contribution in [-0.4, -0.2) is 48.6 Å². The molecule has 3 rings (SSSR count). The van der Waals surface area contributed by atoms with Crippen molar-refractivity contribution in [3.63, 3.8) is 0 Å². The van der Waals surface area contributed by atoms with E-state index in [2.05, 4.69) is 39.2 Å². The van der Waals surface area contributed by atoms with Crippen LogP contribution >= 0.6 is 0 Å². The fourth-order valence-electron chi connectivity index (χ4n) is 2.73.